The monoisotopic (exact) mass is 191 g/mol. The molecule has 2 heteroatoms. The number of rotatable bonds is 2. The van der Waals surface area contributed by atoms with E-state index in [2.05, 4.69) is 43.4 Å². The normalized spacial score (nSPS) is 20.9. The van der Waals surface area contributed by atoms with E-state index >= 15 is 0 Å². The van der Waals surface area contributed by atoms with E-state index in [-0.39, 0.29) is 0 Å². The summed E-state index contributed by atoms with van der Waals surface area (Å²) < 4.78 is 5.55. The van der Waals surface area contributed by atoms with Gasteiger partial charge in [0, 0.05) is 6.04 Å². The fourth-order valence-electron chi connectivity index (χ4n) is 1.92. The topological polar surface area (TPSA) is 21.3 Å². The van der Waals surface area contributed by atoms with Crippen LogP contribution in [0.1, 0.15) is 31.0 Å². The predicted octanol–water partition coefficient (Wildman–Crippen LogP) is 2.26. The zero-order chi connectivity index (χ0) is 9.97. The molecule has 1 unspecified atom stereocenters. The van der Waals surface area contributed by atoms with Crippen LogP contribution in [-0.4, -0.2) is 12.6 Å². The first kappa shape index (κ1) is 9.69. The van der Waals surface area contributed by atoms with Crippen LogP contribution in [0.4, 0.5) is 0 Å². The summed E-state index contributed by atoms with van der Waals surface area (Å²) in [6, 6.07) is 9.36. The van der Waals surface area contributed by atoms with Gasteiger partial charge in [-0.1, -0.05) is 38.1 Å². The summed E-state index contributed by atoms with van der Waals surface area (Å²) in [5.74, 6) is 0. The minimum atomic E-state index is 0.361. The van der Waals surface area contributed by atoms with Crippen molar-refractivity contribution >= 4 is 0 Å². The van der Waals surface area contributed by atoms with Gasteiger partial charge in [0.1, 0.15) is 0 Å². The molecule has 2 nitrogen and oxygen atoms in total. The van der Waals surface area contributed by atoms with Gasteiger partial charge in [-0.3, -0.25) is 0 Å². The minimum absolute atomic E-state index is 0.361. The average Bonchev–Trinajstić information content (AvgIpc) is 2.18. The molecule has 0 fully saturated rings. The van der Waals surface area contributed by atoms with E-state index in [0.29, 0.717) is 12.1 Å². The Morgan fingerprint density at radius 1 is 1.36 bits per heavy atom. The quantitative estimate of drug-likeness (QED) is 0.774. The summed E-state index contributed by atoms with van der Waals surface area (Å²) in [5.41, 5.74) is 2.71. The summed E-state index contributed by atoms with van der Waals surface area (Å²) in [4.78, 5) is 0. The van der Waals surface area contributed by atoms with Gasteiger partial charge in [-0.25, -0.2) is 0 Å². The maximum atomic E-state index is 5.55. The average molecular weight is 191 g/mol. The first-order valence-corrected chi connectivity index (χ1v) is 5.19. The Hall–Kier alpha value is -0.860. The van der Waals surface area contributed by atoms with Crippen molar-refractivity contribution in [2.45, 2.75) is 32.5 Å². The summed E-state index contributed by atoms with van der Waals surface area (Å²) in [6.07, 6.45) is 0. The molecule has 0 saturated heterocycles. The second kappa shape index (κ2) is 4.11. The Balaban J connectivity index is 2.22. The van der Waals surface area contributed by atoms with Crippen LogP contribution in [0.2, 0.25) is 0 Å². The highest BCUT2D eigenvalue weighted by molar-refractivity contribution is 5.31. The van der Waals surface area contributed by atoms with Crippen molar-refractivity contribution in [3.63, 3.8) is 0 Å². The van der Waals surface area contributed by atoms with Gasteiger partial charge in [-0.2, -0.15) is 0 Å². The van der Waals surface area contributed by atoms with Crippen LogP contribution in [0, 0.1) is 0 Å². The molecule has 0 radical (unpaired) electrons. The standard InChI is InChI=1S/C12H17NO/c1-9(2)13-12-8-14-7-10-5-3-4-6-11(10)12/h3-6,9,12-13H,7-8H2,1-2H3. The van der Waals surface area contributed by atoms with Gasteiger partial charge in [0.05, 0.1) is 19.3 Å². The molecule has 1 aromatic carbocycles. The molecule has 0 spiro atoms. The fourth-order valence-corrected chi connectivity index (χ4v) is 1.92. The molecule has 0 saturated carbocycles. The molecule has 1 atom stereocenters. The van der Waals surface area contributed by atoms with Gasteiger partial charge < -0.3 is 10.1 Å². The van der Waals surface area contributed by atoms with Crippen molar-refractivity contribution in [2.24, 2.45) is 0 Å². The second-order valence-corrected chi connectivity index (χ2v) is 4.09. The van der Waals surface area contributed by atoms with Crippen LogP contribution in [-0.2, 0) is 11.3 Å². The number of benzene rings is 1. The Morgan fingerprint density at radius 3 is 2.93 bits per heavy atom. The third kappa shape index (κ3) is 1.97. The lowest BCUT2D eigenvalue weighted by atomic mass is 9.99. The zero-order valence-electron chi connectivity index (χ0n) is 8.79. The summed E-state index contributed by atoms with van der Waals surface area (Å²) in [6.45, 7) is 5.87. The first-order chi connectivity index (χ1) is 6.77. The SMILES string of the molecule is CC(C)NC1COCc2ccccc21. The second-order valence-electron chi connectivity index (χ2n) is 4.09. The molecule has 14 heavy (non-hydrogen) atoms. The maximum absolute atomic E-state index is 5.55. The maximum Gasteiger partial charge on any atom is 0.0721 e. The lowest BCUT2D eigenvalue weighted by molar-refractivity contribution is 0.0797. The van der Waals surface area contributed by atoms with Crippen molar-refractivity contribution in [3.05, 3.63) is 35.4 Å². The Labute approximate surface area is 85.3 Å². The molecule has 0 amide bonds. The zero-order valence-corrected chi connectivity index (χ0v) is 8.79. The highest BCUT2D eigenvalue weighted by Crippen LogP contribution is 2.24. The van der Waals surface area contributed by atoms with E-state index in [1.165, 1.54) is 11.1 Å². The Kier molecular flexibility index (Phi) is 2.85. The molecule has 1 aromatic rings. The highest BCUT2D eigenvalue weighted by Gasteiger charge is 2.20. The van der Waals surface area contributed by atoms with Gasteiger partial charge in [0.2, 0.25) is 0 Å². The third-order valence-corrected chi connectivity index (χ3v) is 2.51. The predicted molar refractivity (Wildman–Crippen MR) is 57.1 cm³/mol. The molecule has 2 rings (SSSR count). The molecule has 1 heterocycles. The molecular formula is C12H17NO. The van der Waals surface area contributed by atoms with E-state index in [0.717, 1.165) is 13.2 Å². The van der Waals surface area contributed by atoms with E-state index in [9.17, 15) is 0 Å². The van der Waals surface area contributed by atoms with Crippen molar-refractivity contribution < 1.29 is 4.74 Å². The molecule has 0 aromatic heterocycles. The number of fused-ring (bicyclic) bond motifs is 1. The van der Waals surface area contributed by atoms with Crippen molar-refractivity contribution in [2.75, 3.05) is 6.61 Å². The van der Waals surface area contributed by atoms with E-state index < -0.39 is 0 Å². The number of nitrogens with one attached hydrogen (secondary N) is 1. The molecule has 1 aliphatic rings. The van der Waals surface area contributed by atoms with Gasteiger partial charge in [-0.15, -0.1) is 0 Å². The van der Waals surface area contributed by atoms with E-state index in [1.807, 2.05) is 0 Å². The molecule has 0 bridgehead atoms. The van der Waals surface area contributed by atoms with Crippen LogP contribution in [0.15, 0.2) is 24.3 Å². The lowest BCUT2D eigenvalue weighted by Crippen LogP contribution is -2.34. The highest BCUT2D eigenvalue weighted by atomic mass is 16.5. The summed E-state index contributed by atoms with van der Waals surface area (Å²) in [5, 5.41) is 3.51. The first-order valence-electron chi connectivity index (χ1n) is 5.19. The van der Waals surface area contributed by atoms with Crippen molar-refractivity contribution in [1.29, 1.82) is 0 Å². The Bertz CT molecular complexity index is 309. The fraction of sp³-hybridized carbons (Fsp3) is 0.500. The summed E-state index contributed by atoms with van der Waals surface area (Å²) in [7, 11) is 0. The Morgan fingerprint density at radius 2 is 2.14 bits per heavy atom. The van der Waals surface area contributed by atoms with Crippen LogP contribution in [0.5, 0.6) is 0 Å². The molecule has 0 aliphatic carbocycles. The number of ether oxygens (including phenoxy) is 1. The van der Waals surface area contributed by atoms with Crippen LogP contribution >= 0.6 is 0 Å². The van der Waals surface area contributed by atoms with E-state index in [1.54, 1.807) is 0 Å². The number of hydrogen-bond donors (Lipinski definition) is 1. The third-order valence-electron chi connectivity index (χ3n) is 2.51. The molecule has 76 valence electrons. The van der Waals surface area contributed by atoms with Crippen LogP contribution in [0.3, 0.4) is 0 Å². The van der Waals surface area contributed by atoms with Crippen LogP contribution < -0.4 is 5.32 Å². The van der Waals surface area contributed by atoms with E-state index in [4.69, 9.17) is 4.74 Å². The van der Waals surface area contributed by atoms with Crippen molar-refractivity contribution in [1.82, 2.24) is 5.32 Å². The lowest BCUT2D eigenvalue weighted by Gasteiger charge is -2.28. The van der Waals surface area contributed by atoms with Gasteiger partial charge in [0.25, 0.3) is 0 Å². The molecular weight excluding hydrogens is 174 g/mol. The summed E-state index contributed by atoms with van der Waals surface area (Å²) >= 11 is 0. The molecule has 1 N–H and O–H groups in total. The smallest absolute Gasteiger partial charge is 0.0721 e. The minimum Gasteiger partial charge on any atom is -0.375 e. The van der Waals surface area contributed by atoms with Crippen molar-refractivity contribution in [3.8, 4) is 0 Å². The van der Waals surface area contributed by atoms with Gasteiger partial charge >= 0.3 is 0 Å². The van der Waals surface area contributed by atoms with Gasteiger partial charge in [-0.05, 0) is 11.1 Å². The number of hydrogen-bond acceptors (Lipinski definition) is 2. The molecule has 1 aliphatic heterocycles. The van der Waals surface area contributed by atoms with Gasteiger partial charge in [0.15, 0.2) is 0 Å². The largest absolute Gasteiger partial charge is 0.375 e. The van der Waals surface area contributed by atoms with Crippen LogP contribution in [0.25, 0.3) is 0 Å².